The van der Waals surface area contributed by atoms with Crippen molar-refractivity contribution < 1.29 is 4.79 Å². The van der Waals surface area contributed by atoms with E-state index in [0.717, 1.165) is 22.7 Å². The van der Waals surface area contributed by atoms with Crippen LogP contribution in [0.3, 0.4) is 0 Å². The van der Waals surface area contributed by atoms with E-state index in [4.69, 9.17) is 5.73 Å². The Morgan fingerprint density at radius 1 is 1.65 bits per heavy atom. The summed E-state index contributed by atoms with van der Waals surface area (Å²) in [6, 6.07) is -0.0692. The van der Waals surface area contributed by atoms with Crippen molar-refractivity contribution >= 4 is 17.2 Å². The highest BCUT2D eigenvalue weighted by molar-refractivity contribution is 7.11. The Bertz CT molecular complexity index is 364. The van der Waals surface area contributed by atoms with Crippen molar-refractivity contribution in [2.45, 2.75) is 52.1 Å². The Kier molecular flexibility index (Phi) is 5.58. The third-order valence-corrected chi connectivity index (χ3v) is 3.59. The maximum atomic E-state index is 11.7. The lowest BCUT2D eigenvalue weighted by Crippen LogP contribution is -2.33. The molecular weight excluding hydrogens is 234 g/mol. The Balaban J connectivity index is 2.40. The second-order valence-corrected chi connectivity index (χ2v) is 5.62. The van der Waals surface area contributed by atoms with Crippen molar-refractivity contribution in [3.8, 4) is 0 Å². The molecule has 2 unspecified atom stereocenters. The fourth-order valence-corrected chi connectivity index (χ4v) is 2.42. The normalized spacial score (nSPS) is 14.4. The van der Waals surface area contributed by atoms with E-state index in [2.05, 4.69) is 17.2 Å². The topological polar surface area (TPSA) is 68.0 Å². The SMILES string of the molecule is CCCC(N)CC(=O)NC(C)c1ncc(C)s1. The maximum absolute atomic E-state index is 11.7. The number of thiazole rings is 1. The lowest BCUT2D eigenvalue weighted by molar-refractivity contribution is -0.122. The van der Waals surface area contributed by atoms with E-state index in [1.807, 2.05) is 20.0 Å². The Morgan fingerprint density at radius 3 is 2.88 bits per heavy atom. The van der Waals surface area contributed by atoms with Gasteiger partial charge in [0.2, 0.25) is 5.91 Å². The number of nitrogens with two attached hydrogens (primary N) is 1. The minimum Gasteiger partial charge on any atom is -0.347 e. The van der Waals surface area contributed by atoms with Crippen LogP contribution >= 0.6 is 11.3 Å². The van der Waals surface area contributed by atoms with Crippen LogP contribution in [0.4, 0.5) is 0 Å². The number of carbonyl (C=O) groups is 1. The molecule has 1 amide bonds. The number of amides is 1. The zero-order chi connectivity index (χ0) is 12.8. The highest BCUT2D eigenvalue weighted by atomic mass is 32.1. The summed E-state index contributed by atoms with van der Waals surface area (Å²) in [5, 5.41) is 3.87. The van der Waals surface area contributed by atoms with Gasteiger partial charge in [0.15, 0.2) is 0 Å². The summed E-state index contributed by atoms with van der Waals surface area (Å²) in [6.45, 7) is 6.02. The fraction of sp³-hybridized carbons (Fsp3) is 0.667. The van der Waals surface area contributed by atoms with Crippen molar-refractivity contribution in [1.29, 1.82) is 0 Å². The number of nitrogens with zero attached hydrogens (tertiary/aromatic N) is 1. The molecule has 1 aromatic heterocycles. The molecule has 1 aromatic rings. The highest BCUT2D eigenvalue weighted by Gasteiger charge is 2.14. The Morgan fingerprint density at radius 2 is 2.35 bits per heavy atom. The smallest absolute Gasteiger partial charge is 0.222 e. The molecule has 5 heteroatoms. The molecule has 0 aliphatic rings. The quantitative estimate of drug-likeness (QED) is 0.818. The van der Waals surface area contributed by atoms with Gasteiger partial charge in [0.25, 0.3) is 0 Å². The summed E-state index contributed by atoms with van der Waals surface area (Å²) in [6.07, 6.45) is 4.11. The molecule has 0 radical (unpaired) electrons. The first-order valence-electron chi connectivity index (χ1n) is 6.00. The van der Waals surface area contributed by atoms with Gasteiger partial charge in [-0.25, -0.2) is 4.98 Å². The van der Waals surface area contributed by atoms with Gasteiger partial charge in [-0.2, -0.15) is 0 Å². The van der Waals surface area contributed by atoms with E-state index in [1.165, 1.54) is 0 Å². The molecule has 0 aliphatic heterocycles. The van der Waals surface area contributed by atoms with E-state index < -0.39 is 0 Å². The second kappa shape index (κ2) is 6.71. The van der Waals surface area contributed by atoms with Crippen molar-refractivity contribution in [3.05, 3.63) is 16.1 Å². The van der Waals surface area contributed by atoms with Gasteiger partial charge in [-0.05, 0) is 20.3 Å². The van der Waals surface area contributed by atoms with Crippen molar-refractivity contribution in [2.24, 2.45) is 5.73 Å². The first-order chi connectivity index (χ1) is 8.02. The Hall–Kier alpha value is -0.940. The van der Waals surface area contributed by atoms with E-state index in [0.29, 0.717) is 6.42 Å². The minimum atomic E-state index is -0.0368. The predicted octanol–water partition coefficient (Wildman–Crippen LogP) is 2.15. The molecule has 0 bridgehead atoms. The molecule has 96 valence electrons. The predicted molar refractivity (Wildman–Crippen MR) is 70.9 cm³/mol. The van der Waals surface area contributed by atoms with Crippen molar-refractivity contribution in [1.82, 2.24) is 10.3 Å². The van der Waals surface area contributed by atoms with Crippen LogP contribution in [0, 0.1) is 6.92 Å². The van der Waals surface area contributed by atoms with Gasteiger partial charge in [0.05, 0.1) is 6.04 Å². The summed E-state index contributed by atoms with van der Waals surface area (Å²) >= 11 is 1.61. The second-order valence-electron chi connectivity index (χ2n) is 4.35. The van der Waals surface area contributed by atoms with Gasteiger partial charge >= 0.3 is 0 Å². The summed E-state index contributed by atoms with van der Waals surface area (Å²) < 4.78 is 0. The third kappa shape index (κ3) is 4.83. The lowest BCUT2D eigenvalue weighted by Gasteiger charge is -2.14. The zero-order valence-electron chi connectivity index (χ0n) is 10.7. The zero-order valence-corrected chi connectivity index (χ0v) is 11.5. The van der Waals surface area contributed by atoms with Crippen molar-refractivity contribution in [3.63, 3.8) is 0 Å². The molecule has 17 heavy (non-hydrogen) atoms. The van der Waals surface area contributed by atoms with Crippen LogP contribution in [-0.4, -0.2) is 16.9 Å². The molecule has 1 heterocycles. The number of carbonyl (C=O) groups excluding carboxylic acids is 1. The van der Waals surface area contributed by atoms with Gasteiger partial charge in [0, 0.05) is 23.5 Å². The molecule has 0 spiro atoms. The lowest BCUT2D eigenvalue weighted by atomic mass is 10.1. The summed E-state index contributed by atoms with van der Waals surface area (Å²) in [7, 11) is 0. The molecule has 0 saturated heterocycles. The maximum Gasteiger partial charge on any atom is 0.222 e. The molecule has 0 saturated carbocycles. The average Bonchev–Trinajstić information content (AvgIpc) is 2.64. The minimum absolute atomic E-state index is 0.00584. The molecular formula is C12H21N3OS. The molecule has 0 aliphatic carbocycles. The van der Waals surface area contributed by atoms with Crippen molar-refractivity contribution in [2.75, 3.05) is 0 Å². The Labute approximate surface area is 107 Å². The van der Waals surface area contributed by atoms with E-state index >= 15 is 0 Å². The van der Waals surface area contributed by atoms with Crippen LogP contribution in [0.2, 0.25) is 0 Å². The third-order valence-electron chi connectivity index (χ3n) is 2.49. The molecule has 3 N–H and O–H groups in total. The monoisotopic (exact) mass is 255 g/mol. The summed E-state index contributed by atoms with van der Waals surface area (Å²) in [5.74, 6) is 0.00584. The molecule has 1 rings (SSSR count). The largest absolute Gasteiger partial charge is 0.347 e. The number of hydrogen-bond donors (Lipinski definition) is 2. The van der Waals surface area contributed by atoms with Gasteiger partial charge in [0.1, 0.15) is 5.01 Å². The molecule has 0 aromatic carbocycles. The molecule has 2 atom stereocenters. The number of aryl methyl sites for hydroxylation is 1. The molecule has 0 fully saturated rings. The standard InChI is InChI=1S/C12H21N3OS/c1-4-5-10(13)6-11(16)15-9(3)12-14-7-8(2)17-12/h7,9-10H,4-6,13H2,1-3H3,(H,15,16). The average molecular weight is 255 g/mol. The van der Waals surface area contributed by atoms with E-state index in [9.17, 15) is 4.79 Å². The first-order valence-corrected chi connectivity index (χ1v) is 6.81. The number of aromatic nitrogens is 1. The van der Waals surface area contributed by atoms with Crippen LogP contribution in [0.15, 0.2) is 6.20 Å². The fourth-order valence-electron chi connectivity index (χ4n) is 1.65. The van der Waals surface area contributed by atoms with Crippen LogP contribution in [0.25, 0.3) is 0 Å². The van der Waals surface area contributed by atoms with E-state index in [1.54, 1.807) is 11.3 Å². The summed E-state index contributed by atoms with van der Waals surface area (Å²) in [4.78, 5) is 17.1. The van der Waals surface area contributed by atoms with E-state index in [-0.39, 0.29) is 18.0 Å². The van der Waals surface area contributed by atoms with Crippen LogP contribution < -0.4 is 11.1 Å². The number of rotatable bonds is 6. The van der Waals surface area contributed by atoms with Crippen LogP contribution in [0.5, 0.6) is 0 Å². The van der Waals surface area contributed by atoms with Gasteiger partial charge in [-0.1, -0.05) is 13.3 Å². The van der Waals surface area contributed by atoms with Gasteiger partial charge in [-0.3, -0.25) is 4.79 Å². The first kappa shape index (κ1) is 14.1. The van der Waals surface area contributed by atoms with Crippen LogP contribution in [-0.2, 0) is 4.79 Å². The number of hydrogen-bond acceptors (Lipinski definition) is 4. The summed E-state index contributed by atoms with van der Waals surface area (Å²) in [5.41, 5.74) is 5.83. The van der Waals surface area contributed by atoms with Crippen LogP contribution in [0.1, 0.15) is 49.0 Å². The highest BCUT2D eigenvalue weighted by Crippen LogP contribution is 2.18. The number of nitrogens with one attached hydrogen (secondary N) is 1. The van der Waals surface area contributed by atoms with Gasteiger partial charge in [-0.15, -0.1) is 11.3 Å². The molecule has 4 nitrogen and oxygen atoms in total. The van der Waals surface area contributed by atoms with Gasteiger partial charge < -0.3 is 11.1 Å².